The maximum atomic E-state index is 13.1. The van der Waals surface area contributed by atoms with E-state index in [0.717, 1.165) is 28.8 Å². The van der Waals surface area contributed by atoms with E-state index in [4.69, 9.17) is 0 Å². The first-order valence-electron chi connectivity index (χ1n) is 6.85. The molecule has 0 aliphatic carbocycles. The lowest BCUT2D eigenvalue weighted by atomic mass is 10.1. The van der Waals surface area contributed by atoms with Gasteiger partial charge in [-0.2, -0.15) is 11.8 Å². The monoisotopic (exact) mass is 347 g/mol. The maximum absolute atomic E-state index is 13.1. The zero-order valence-electron chi connectivity index (χ0n) is 11.9. The van der Waals surface area contributed by atoms with Gasteiger partial charge in [0.1, 0.15) is 5.82 Å². The number of nitrogens with one attached hydrogen (secondary N) is 1. The predicted molar refractivity (Wildman–Crippen MR) is 87.5 cm³/mol. The van der Waals surface area contributed by atoms with Crippen LogP contribution >= 0.6 is 27.7 Å². The third kappa shape index (κ3) is 6.28. The average molecular weight is 348 g/mol. The fourth-order valence-corrected chi connectivity index (χ4v) is 3.37. The maximum Gasteiger partial charge on any atom is 0.124 e. The van der Waals surface area contributed by atoms with Crippen molar-refractivity contribution in [1.29, 1.82) is 0 Å². The highest BCUT2D eigenvalue weighted by Gasteiger charge is 2.12. The van der Waals surface area contributed by atoms with Crippen LogP contribution in [0.5, 0.6) is 0 Å². The second kappa shape index (κ2) is 8.98. The summed E-state index contributed by atoms with van der Waals surface area (Å²) in [6.45, 7) is 7.57. The van der Waals surface area contributed by atoms with Crippen molar-refractivity contribution in [3.63, 3.8) is 0 Å². The first-order chi connectivity index (χ1) is 9.06. The van der Waals surface area contributed by atoms with Crippen molar-refractivity contribution in [2.45, 2.75) is 44.9 Å². The number of hydrogen-bond donors (Lipinski definition) is 1. The Labute approximate surface area is 128 Å². The van der Waals surface area contributed by atoms with E-state index in [1.54, 1.807) is 6.07 Å². The minimum atomic E-state index is -0.190. The summed E-state index contributed by atoms with van der Waals surface area (Å²) in [6.07, 6.45) is 2.13. The second-order valence-electron chi connectivity index (χ2n) is 4.75. The van der Waals surface area contributed by atoms with Gasteiger partial charge < -0.3 is 5.32 Å². The third-order valence-electron chi connectivity index (χ3n) is 3.13. The third-order valence-corrected chi connectivity index (χ3v) is 5.37. The lowest BCUT2D eigenvalue weighted by Crippen LogP contribution is -2.33. The predicted octanol–water partition coefficient (Wildman–Crippen LogP) is 4.64. The van der Waals surface area contributed by atoms with Gasteiger partial charge in [0.2, 0.25) is 0 Å². The van der Waals surface area contributed by atoms with Gasteiger partial charge in [-0.15, -0.1) is 0 Å². The first-order valence-corrected chi connectivity index (χ1v) is 8.69. The van der Waals surface area contributed by atoms with Crippen LogP contribution in [0.3, 0.4) is 0 Å². The lowest BCUT2D eigenvalue weighted by molar-refractivity contribution is 0.569. The molecule has 2 atom stereocenters. The normalized spacial score (nSPS) is 14.4. The molecule has 19 heavy (non-hydrogen) atoms. The Morgan fingerprint density at radius 2 is 2.11 bits per heavy atom. The molecule has 0 heterocycles. The summed E-state index contributed by atoms with van der Waals surface area (Å²) in [5.41, 5.74) is 1.16. The van der Waals surface area contributed by atoms with Crippen LogP contribution < -0.4 is 5.32 Å². The molecule has 0 aromatic heterocycles. The Kier molecular flexibility index (Phi) is 8.03. The zero-order chi connectivity index (χ0) is 14.3. The van der Waals surface area contributed by atoms with E-state index in [0.29, 0.717) is 11.3 Å². The zero-order valence-corrected chi connectivity index (χ0v) is 14.3. The standard InChI is InChI=1S/C15H23BrFNS/c1-4-11(3)19-10-14(18-5-2)8-12-6-7-13(17)9-15(12)16/h6-7,9,11,14,18H,4-5,8,10H2,1-3H3. The molecular formula is C15H23BrFNS. The van der Waals surface area contributed by atoms with Gasteiger partial charge in [-0.1, -0.05) is 42.8 Å². The van der Waals surface area contributed by atoms with E-state index in [9.17, 15) is 4.39 Å². The van der Waals surface area contributed by atoms with Gasteiger partial charge >= 0.3 is 0 Å². The van der Waals surface area contributed by atoms with Crippen molar-refractivity contribution in [3.8, 4) is 0 Å². The fraction of sp³-hybridized carbons (Fsp3) is 0.600. The van der Waals surface area contributed by atoms with Crippen LogP contribution in [0, 0.1) is 5.82 Å². The summed E-state index contributed by atoms with van der Waals surface area (Å²) < 4.78 is 13.9. The summed E-state index contributed by atoms with van der Waals surface area (Å²) in [5.74, 6) is 0.900. The van der Waals surface area contributed by atoms with Crippen molar-refractivity contribution in [3.05, 3.63) is 34.1 Å². The van der Waals surface area contributed by atoms with Crippen LogP contribution in [0.1, 0.15) is 32.8 Å². The minimum absolute atomic E-state index is 0.190. The Balaban J connectivity index is 2.61. The molecule has 0 spiro atoms. The highest BCUT2D eigenvalue weighted by atomic mass is 79.9. The molecule has 1 rings (SSSR count). The molecule has 1 aromatic carbocycles. The number of halogens is 2. The molecule has 2 unspecified atom stereocenters. The first kappa shape index (κ1) is 17.0. The van der Waals surface area contributed by atoms with E-state index in [-0.39, 0.29) is 5.82 Å². The van der Waals surface area contributed by atoms with Crippen molar-refractivity contribution in [2.24, 2.45) is 0 Å². The fourth-order valence-electron chi connectivity index (χ4n) is 1.83. The molecule has 1 aromatic rings. The molecule has 1 N–H and O–H groups in total. The van der Waals surface area contributed by atoms with Gasteiger partial charge in [-0.25, -0.2) is 4.39 Å². The molecule has 0 saturated carbocycles. The van der Waals surface area contributed by atoms with Gasteiger partial charge in [0.05, 0.1) is 0 Å². The smallest absolute Gasteiger partial charge is 0.124 e. The van der Waals surface area contributed by atoms with E-state index >= 15 is 0 Å². The van der Waals surface area contributed by atoms with Crippen molar-refractivity contribution >= 4 is 27.7 Å². The highest BCUT2D eigenvalue weighted by molar-refractivity contribution is 9.10. The van der Waals surface area contributed by atoms with Crippen LogP contribution in [0.2, 0.25) is 0 Å². The number of benzene rings is 1. The molecule has 0 aliphatic rings. The number of likely N-dealkylation sites (N-methyl/N-ethyl adjacent to an activating group) is 1. The summed E-state index contributed by atoms with van der Waals surface area (Å²) in [5, 5.41) is 4.21. The molecule has 108 valence electrons. The number of thioether (sulfide) groups is 1. The van der Waals surface area contributed by atoms with Gasteiger partial charge in [0, 0.05) is 21.5 Å². The van der Waals surface area contributed by atoms with E-state index in [1.807, 2.05) is 17.8 Å². The molecule has 4 heteroatoms. The average Bonchev–Trinajstić information content (AvgIpc) is 2.38. The topological polar surface area (TPSA) is 12.0 Å². The molecular weight excluding hydrogens is 325 g/mol. The Morgan fingerprint density at radius 3 is 2.68 bits per heavy atom. The van der Waals surface area contributed by atoms with E-state index < -0.39 is 0 Å². The summed E-state index contributed by atoms with van der Waals surface area (Å²) in [6, 6.07) is 5.38. The Bertz CT molecular complexity index is 386. The van der Waals surface area contributed by atoms with Gasteiger partial charge in [0.15, 0.2) is 0 Å². The molecule has 0 amide bonds. The summed E-state index contributed by atoms with van der Waals surface area (Å²) in [4.78, 5) is 0. The Hall–Kier alpha value is -0.0600. The van der Waals surface area contributed by atoms with Crippen molar-refractivity contribution in [2.75, 3.05) is 12.3 Å². The lowest BCUT2D eigenvalue weighted by Gasteiger charge is -2.20. The molecule has 0 aliphatic heterocycles. The number of hydrogen-bond acceptors (Lipinski definition) is 2. The van der Waals surface area contributed by atoms with Gasteiger partial charge in [-0.3, -0.25) is 0 Å². The minimum Gasteiger partial charge on any atom is -0.313 e. The summed E-state index contributed by atoms with van der Waals surface area (Å²) in [7, 11) is 0. The van der Waals surface area contributed by atoms with Crippen molar-refractivity contribution in [1.82, 2.24) is 5.32 Å². The summed E-state index contributed by atoms with van der Waals surface area (Å²) >= 11 is 5.45. The molecule has 0 saturated heterocycles. The molecule has 0 radical (unpaired) electrons. The highest BCUT2D eigenvalue weighted by Crippen LogP contribution is 2.22. The van der Waals surface area contributed by atoms with Gasteiger partial charge in [-0.05, 0) is 37.1 Å². The second-order valence-corrected chi connectivity index (χ2v) is 7.07. The largest absolute Gasteiger partial charge is 0.313 e. The van der Waals surface area contributed by atoms with Crippen LogP contribution in [-0.2, 0) is 6.42 Å². The van der Waals surface area contributed by atoms with Gasteiger partial charge in [0.25, 0.3) is 0 Å². The molecule has 1 nitrogen and oxygen atoms in total. The van der Waals surface area contributed by atoms with E-state index in [1.165, 1.54) is 12.5 Å². The Morgan fingerprint density at radius 1 is 1.37 bits per heavy atom. The quantitative estimate of drug-likeness (QED) is 0.734. The number of rotatable bonds is 8. The van der Waals surface area contributed by atoms with Crippen molar-refractivity contribution < 1.29 is 4.39 Å². The molecule has 0 fully saturated rings. The van der Waals surface area contributed by atoms with Crippen LogP contribution in [-0.4, -0.2) is 23.6 Å². The van der Waals surface area contributed by atoms with Crippen LogP contribution in [0.15, 0.2) is 22.7 Å². The van der Waals surface area contributed by atoms with Crippen LogP contribution in [0.25, 0.3) is 0 Å². The van der Waals surface area contributed by atoms with Crippen LogP contribution in [0.4, 0.5) is 4.39 Å². The molecule has 0 bridgehead atoms. The SMILES string of the molecule is CCNC(CSC(C)CC)Cc1ccc(F)cc1Br. The van der Waals surface area contributed by atoms with E-state index in [2.05, 4.69) is 42.0 Å².